The minimum atomic E-state index is -0.786. The molecule has 9 heterocycles. The maximum Gasteiger partial charge on any atom is 1.00 e. The molecule has 31 nitrogen and oxygen atoms in total. The molecule has 40 heteroatoms. The number of aromatic nitrogens is 12. The molecule has 0 bridgehead atoms. The molecule has 71 heavy (non-hydrogen) atoms. The standard InChI is InChI=1S/C10H10Cl2N4O3.C10H10ClN7O3.C10H13ClN6O3.CH4.4Ac.H4N2.HNO2.Na/c11-8-7-9(15-10(12)14-8)16(3-13-7)6-1-4(18)5(2-17)19-6;11-10-14-8(16-17-12)7-9(15-10)18(3-13-7)6-1-4(20)5(2-19)21-6;11-10-14-8(16-12)7-9(15-10)17(3-13-7)6-1-4(19)5(2-18)20-6;;;;;;1-2;2-1-3;/h3-6,17-18H,1-2H2;3-6,19-20H,1-2H2;3-6,18-19H,1-2,12H2,(H,14,15,16);1H4;;;;;1-2H2;1H;/q;;;;;;;;;;+1. The van der Waals surface area contributed by atoms with Crippen molar-refractivity contribution in [3.8, 4) is 0 Å². The van der Waals surface area contributed by atoms with E-state index in [1.54, 1.807) is 13.7 Å². The number of azide groups is 1. The van der Waals surface area contributed by atoms with Crippen molar-refractivity contribution < 1.29 is 256 Å². The number of hydrogen-bond acceptors (Lipinski definition) is 25. The first-order valence-corrected chi connectivity index (χ1v) is 19.8. The van der Waals surface area contributed by atoms with E-state index in [-0.39, 0.29) is 277 Å². The molecule has 6 aromatic rings. The number of aliphatic hydroxyl groups is 6. The first-order chi connectivity index (χ1) is 31.3. The Labute approximate surface area is 586 Å². The molecule has 372 valence electrons. The van der Waals surface area contributed by atoms with Gasteiger partial charge in [0.05, 0.1) is 57.1 Å². The van der Waals surface area contributed by atoms with Gasteiger partial charge in [0.15, 0.2) is 39.2 Å². The van der Waals surface area contributed by atoms with Crippen molar-refractivity contribution in [2.75, 3.05) is 25.2 Å². The SMILES string of the molecule is C.NN.NNc1nc(Cl)nc2c1ncn2C1CC(O)C(CO)O1.O=[NH+][O-].OCC1OC(n2cnc3c(Cl)nc(Cl)nc32)CC1O.[Ac].[Ac].[Ac].[Ac].[N-]=[N+]=Nc1nc(Cl)nc2c1ncn2C1CC(O)C(CO)O1.[Na+]. The topological polar surface area (TPSA) is 473 Å². The fourth-order valence-electron chi connectivity index (χ4n) is 6.62. The van der Waals surface area contributed by atoms with Crippen LogP contribution in [0.2, 0.25) is 21.0 Å². The summed E-state index contributed by atoms with van der Waals surface area (Å²) < 4.78 is 21.4. The summed E-state index contributed by atoms with van der Waals surface area (Å²) in [4.78, 5) is 46.9. The average Bonchev–Trinajstić information content (AvgIpc) is 4.15. The van der Waals surface area contributed by atoms with Crippen molar-refractivity contribution in [2.45, 2.75) is 82.0 Å². The minimum Gasteiger partial charge on any atom is -0.394 e. The number of hydrazine groups is 2. The number of nitrogens with one attached hydrogen (secondary N) is 2. The van der Waals surface area contributed by atoms with Crippen LogP contribution >= 0.6 is 46.4 Å². The number of nitrogen functional groups attached to an aromatic ring is 1. The smallest absolute Gasteiger partial charge is 0.394 e. The van der Waals surface area contributed by atoms with Gasteiger partial charge in [0, 0.05) is 206 Å². The summed E-state index contributed by atoms with van der Waals surface area (Å²) in [5.74, 6) is 13.7. The Balaban J connectivity index is 0. The fourth-order valence-corrected chi connectivity index (χ4v) is 7.36. The molecule has 9 rings (SSSR count). The Morgan fingerprint density at radius 3 is 1.39 bits per heavy atom. The number of halogens is 4. The maximum absolute atomic E-state index is 9.78. The van der Waals surface area contributed by atoms with Crippen LogP contribution in [0.5, 0.6) is 0 Å². The molecule has 14 N–H and O–H groups in total. The molecule has 0 aromatic carbocycles. The Morgan fingerprint density at radius 1 is 0.690 bits per heavy atom. The van der Waals surface area contributed by atoms with E-state index in [9.17, 15) is 15.3 Å². The zero-order valence-corrected chi connectivity index (χ0v) is 60.2. The Morgan fingerprint density at radius 2 is 1.03 bits per heavy atom. The molecule has 6 aromatic heterocycles. The van der Waals surface area contributed by atoms with Gasteiger partial charge in [0.2, 0.25) is 15.9 Å². The normalized spacial score (nSPS) is 22.4. The molecule has 3 saturated heterocycles. The number of hydrogen-bond donors (Lipinski definition) is 11. The van der Waals surface area contributed by atoms with E-state index in [2.05, 4.69) is 72.0 Å². The van der Waals surface area contributed by atoms with E-state index in [1.165, 1.54) is 19.0 Å². The van der Waals surface area contributed by atoms with Gasteiger partial charge in [0.1, 0.15) is 48.0 Å². The van der Waals surface area contributed by atoms with Crippen molar-refractivity contribution in [2.24, 2.45) is 22.6 Å². The minimum absolute atomic E-state index is 0. The number of nitrogens with zero attached hydrogens (tertiary/aromatic N) is 15. The van der Waals surface area contributed by atoms with Crippen molar-refractivity contribution in [3.63, 3.8) is 0 Å². The molecular formula is C31H42Ac4Cl4N20NaO11+. The van der Waals surface area contributed by atoms with Crippen LogP contribution in [0.25, 0.3) is 43.9 Å². The van der Waals surface area contributed by atoms with E-state index in [4.69, 9.17) is 97.4 Å². The number of fused-ring (bicyclic) bond motifs is 3. The first-order valence-electron chi connectivity index (χ1n) is 18.3. The summed E-state index contributed by atoms with van der Waals surface area (Å²) in [7, 11) is 0. The van der Waals surface area contributed by atoms with Gasteiger partial charge in [-0.05, 0) is 45.4 Å². The summed E-state index contributed by atoms with van der Waals surface area (Å²) in [6, 6.07) is 0. The predicted molar refractivity (Wildman–Crippen MR) is 230 cm³/mol. The third-order valence-corrected chi connectivity index (χ3v) is 10.3. The Hall–Kier alpha value is 1.61. The molecule has 0 saturated carbocycles. The van der Waals surface area contributed by atoms with Gasteiger partial charge in [-0.1, -0.05) is 19.0 Å². The number of rotatable bonds is 8. The molecular weight excluding hydrogens is 1900 g/mol. The second-order valence-corrected chi connectivity index (χ2v) is 14.5. The van der Waals surface area contributed by atoms with Crippen molar-refractivity contribution >= 4 is 91.5 Å². The largest absolute Gasteiger partial charge is 1.00 e. The molecule has 0 spiro atoms. The van der Waals surface area contributed by atoms with Gasteiger partial charge >= 0.3 is 29.6 Å². The van der Waals surface area contributed by atoms with Crippen LogP contribution in [0, 0.1) is 186 Å². The Kier molecular flexibility index (Phi) is 38.6. The third kappa shape index (κ3) is 18.9. The molecule has 3 fully saturated rings. The fraction of sp³-hybridized carbons (Fsp3) is 0.516. The van der Waals surface area contributed by atoms with Crippen molar-refractivity contribution in [3.05, 3.63) is 60.5 Å². The quantitative estimate of drug-likeness (QED) is 0.00797. The summed E-state index contributed by atoms with van der Waals surface area (Å²) >= 11 is 23.3. The molecule has 3 aliphatic rings. The molecule has 0 amide bonds. The zero-order valence-electron chi connectivity index (χ0n) is 36.2. The van der Waals surface area contributed by atoms with Crippen LogP contribution in [-0.2, 0) is 14.2 Å². The van der Waals surface area contributed by atoms with Gasteiger partial charge in [-0.2, -0.15) is 19.9 Å². The van der Waals surface area contributed by atoms with Gasteiger partial charge in [-0.25, -0.2) is 30.8 Å². The van der Waals surface area contributed by atoms with E-state index in [1.807, 2.05) is 0 Å². The molecule has 9 unspecified atom stereocenters. The summed E-state index contributed by atoms with van der Waals surface area (Å²) in [5, 5.41) is 68.5. The second-order valence-electron chi connectivity index (χ2n) is 13.2. The van der Waals surface area contributed by atoms with Crippen LogP contribution in [0.4, 0.5) is 11.6 Å². The number of anilines is 1. The van der Waals surface area contributed by atoms with Crippen LogP contribution in [0.1, 0.15) is 45.4 Å². The number of ether oxygens (including phenoxy) is 3. The summed E-state index contributed by atoms with van der Waals surface area (Å²) in [6.07, 6.45) is -0.309. The van der Waals surface area contributed by atoms with Gasteiger partial charge in [-0.3, -0.25) is 35.5 Å². The summed E-state index contributed by atoms with van der Waals surface area (Å²) in [5.41, 5.74) is 13.3. The maximum atomic E-state index is 9.78. The van der Waals surface area contributed by atoms with Crippen LogP contribution in [0.15, 0.2) is 24.1 Å². The van der Waals surface area contributed by atoms with Crippen molar-refractivity contribution in [1.82, 2.24) is 58.6 Å². The van der Waals surface area contributed by atoms with Gasteiger partial charge in [0.25, 0.3) is 0 Å². The van der Waals surface area contributed by atoms with E-state index in [0.29, 0.717) is 46.6 Å². The van der Waals surface area contributed by atoms with Gasteiger partial charge < -0.3 is 50.3 Å². The second kappa shape index (κ2) is 36.7. The molecule has 9 atom stereocenters. The molecule has 3 aliphatic heterocycles. The number of aliphatic hydroxyl groups excluding tert-OH is 6. The average molecular weight is 1940 g/mol. The first kappa shape index (κ1) is 74.7. The molecule has 0 aliphatic carbocycles. The van der Waals surface area contributed by atoms with E-state index < -0.39 is 55.3 Å². The predicted octanol–water partition coefficient (Wildman–Crippen LogP) is -3.97. The van der Waals surface area contributed by atoms with E-state index in [0.717, 1.165) is 0 Å². The van der Waals surface area contributed by atoms with Crippen LogP contribution < -0.4 is 57.9 Å². The zero-order chi connectivity index (χ0) is 47.5. The van der Waals surface area contributed by atoms with Crippen LogP contribution in [0.3, 0.4) is 0 Å². The Bertz CT molecular complexity index is 2620. The third-order valence-electron chi connectivity index (χ3n) is 9.48. The van der Waals surface area contributed by atoms with Crippen LogP contribution in [-0.4, -0.2) is 146 Å². The number of imidazole rings is 3. The van der Waals surface area contributed by atoms with Gasteiger partial charge in [-0.15, -0.1) is 0 Å². The van der Waals surface area contributed by atoms with Crippen molar-refractivity contribution in [1.29, 1.82) is 0 Å². The monoisotopic (exact) mass is 1940 g/mol. The van der Waals surface area contributed by atoms with E-state index >= 15 is 0 Å². The summed E-state index contributed by atoms with van der Waals surface area (Å²) in [6.45, 7) is -0.791. The number of nitrogens with two attached hydrogens (primary N) is 3. The molecule has 4 radical (unpaired) electrons.